The lowest BCUT2D eigenvalue weighted by Gasteiger charge is -2.27. The van der Waals surface area contributed by atoms with Crippen LogP contribution in [-0.2, 0) is 13.1 Å². The minimum Gasteiger partial charge on any atom is -0.491 e. The Labute approximate surface area is 143 Å². The molecule has 1 saturated heterocycles. The molecule has 1 aromatic heterocycles. The van der Waals surface area contributed by atoms with Gasteiger partial charge in [0.25, 0.3) is 0 Å². The number of hydrogen-bond donors (Lipinski definition) is 1. The highest BCUT2D eigenvalue weighted by Gasteiger charge is 2.31. The maximum Gasteiger partial charge on any atom is 0.122 e. The van der Waals surface area contributed by atoms with Gasteiger partial charge in [-0.2, -0.15) is 0 Å². The summed E-state index contributed by atoms with van der Waals surface area (Å²) in [5.74, 6) is 1.92. The standard InChI is InChI=1S/C19H27N3O2/c1-2-22-14-11-20-18(22)15-21-12-6-9-19(23,10-13-21)16-24-17-7-4-3-5-8-17/h3-5,7-8,11,14,23H,2,6,9-10,12-13,15-16H2,1H3. The number of imidazole rings is 1. The lowest BCUT2D eigenvalue weighted by Crippen LogP contribution is -2.37. The Morgan fingerprint density at radius 2 is 2.04 bits per heavy atom. The van der Waals surface area contributed by atoms with E-state index in [9.17, 15) is 5.11 Å². The van der Waals surface area contributed by atoms with Gasteiger partial charge in [0.2, 0.25) is 0 Å². The molecule has 1 aliphatic rings. The largest absolute Gasteiger partial charge is 0.491 e. The Bertz CT molecular complexity index is 629. The Balaban J connectivity index is 1.54. The number of benzene rings is 1. The summed E-state index contributed by atoms with van der Waals surface area (Å²) in [4.78, 5) is 6.84. The number of likely N-dealkylation sites (tertiary alicyclic amines) is 1. The van der Waals surface area contributed by atoms with Crippen molar-refractivity contribution in [3.8, 4) is 5.75 Å². The van der Waals surface area contributed by atoms with Crippen LogP contribution in [0.4, 0.5) is 0 Å². The molecule has 0 spiro atoms. The SMILES string of the molecule is CCn1ccnc1CN1CCCC(O)(COc2ccccc2)CC1. The van der Waals surface area contributed by atoms with Crippen LogP contribution in [0.5, 0.6) is 5.75 Å². The molecule has 5 heteroatoms. The molecule has 1 unspecified atom stereocenters. The van der Waals surface area contributed by atoms with E-state index >= 15 is 0 Å². The maximum absolute atomic E-state index is 10.9. The van der Waals surface area contributed by atoms with Crippen molar-refractivity contribution in [2.24, 2.45) is 0 Å². The van der Waals surface area contributed by atoms with Crippen LogP contribution in [0.15, 0.2) is 42.7 Å². The van der Waals surface area contributed by atoms with E-state index in [2.05, 4.69) is 21.4 Å². The summed E-state index contributed by atoms with van der Waals surface area (Å²) in [6.45, 7) is 6.13. The van der Waals surface area contributed by atoms with Crippen LogP contribution in [0.2, 0.25) is 0 Å². The van der Waals surface area contributed by atoms with Gasteiger partial charge < -0.3 is 14.4 Å². The number of rotatable bonds is 6. The second kappa shape index (κ2) is 7.81. The zero-order valence-electron chi connectivity index (χ0n) is 14.4. The first-order valence-corrected chi connectivity index (χ1v) is 8.81. The average Bonchev–Trinajstić information content (AvgIpc) is 2.97. The van der Waals surface area contributed by atoms with E-state index in [1.165, 1.54) is 0 Å². The number of aryl methyl sites for hydroxylation is 1. The monoisotopic (exact) mass is 329 g/mol. The number of nitrogens with zero attached hydrogens (tertiary/aromatic N) is 3. The Kier molecular flexibility index (Phi) is 5.53. The van der Waals surface area contributed by atoms with Crippen molar-refractivity contribution < 1.29 is 9.84 Å². The molecule has 5 nitrogen and oxygen atoms in total. The molecule has 1 N–H and O–H groups in total. The molecule has 3 rings (SSSR count). The number of para-hydroxylation sites is 1. The molecule has 0 amide bonds. The summed E-state index contributed by atoms with van der Waals surface area (Å²) in [6.07, 6.45) is 6.37. The van der Waals surface area contributed by atoms with Crippen LogP contribution in [0.25, 0.3) is 0 Å². The van der Waals surface area contributed by atoms with Crippen molar-refractivity contribution in [2.45, 2.75) is 44.9 Å². The molecule has 2 heterocycles. The van der Waals surface area contributed by atoms with E-state index < -0.39 is 5.60 Å². The van der Waals surface area contributed by atoms with Crippen molar-refractivity contribution in [1.82, 2.24) is 14.5 Å². The molecule has 1 fully saturated rings. The summed E-state index contributed by atoms with van der Waals surface area (Å²) in [5.41, 5.74) is -0.745. The minimum absolute atomic E-state index is 0.356. The number of aromatic nitrogens is 2. The molecule has 1 aliphatic heterocycles. The van der Waals surface area contributed by atoms with Gasteiger partial charge in [-0.25, -0.2) is 4.98 Å². The highest BCUT2D eigenvalue weighted by Crippen LogP contribution is 2.24. The third-order valence-corrected chi connectivity index (χ3v) is 4.77. The molecule has 2 aromatic rings. The lowest BCUT2D eigenvalue weighted by atomic mass is 9.96. The number of ether oxygens (including phenoxy) is 1. The zero-order valence-corrected chi connectivity index (χ0v) is 14.4. The van der Waals surface area contributed by atoms with Crippen LogP contribution < -0.4 is 4.74 Å². The lowest BCUT2D eigenvalue weighted by molar-refractivity contribution is -0.0169. The van der Waals surface area contributed by atoms with E-state index in [-0.39, 0.29) is 0 Å². The van der Waals surface area contributed by atoms with Gasteiger partial charge in [-0.15, -0.1) is 0 Å². The minimum atomic E-state index is -0.745. The molecular formula is C19H27N3O2. The quantitative estimate of drug-likeness (QED) is 0.885. The van der Waals surface area contributed by atoms with Crippen LogP contribution in [0.1, 0.15) is 32.0 Å². The van der Waals surface area contributed by atoms with Gasteiger partial charge in [-0.1, -0.05) is 18.2 Å². The van der Waals surface area contributed by atoms with Crippen LogP contribution in [-0.4, -0.2) is 44.9 Å². The van der Waals surface area contributed by atoms with E-state index in [1.807, 2.05) is 42.7 Å². The van der Waals surface area contributed by atoms with Crippen molar-refractivity contribution >= 4 is 0 Å². The first kappa shape index (κ1) is 17.0. The summed E-state index contributed by atoms with van der Waals surface area (Å²) >= 11 is 0. The van der Waals surface area contributed by atoms with Crippen LogP contribution in [0, 0.1) is 0 Å². The summed E-state index contributed by atoms with van der Waals surface area (Å²) in [6, 6.07) is 9.72. The second-order valence-electron chi connectivity index (χ2n) is 6.59. The first-order valence-electron chi connectivity index (χ1n) is 8.81. The molecule has 1 aromatic carbocycles. The fourth-order valence-electron chi connectivity index (χ4n) is 3.25. The molecule has 130 valence electrons. The molecule has 24 heavy (non-hydrogen) atoms. The van der Waals surface area contributed by atoms with Crippen molar-refractivity contribution in [3.63, 3.8) is 0 Å². The van der Waals surface area contributed by atoms with E-state index in [1.54, 1.807) is 0 Å². The molecule has 0 aliphatic carbocycles. The van der Waals surface area contributed by atoms with Crippen LogP contribution in [0.3, 0.4) is 0 Å². The fraction of sp³-hybridized carbons (Fsp3) is 0.526. The normalized spacial score (nSPS) is 22.2. The summed E-state index contributed by atoms with van der Waals surface area (Å²) < 4.78 is 7.97. The van der Waals surface area contributed by atoms with Gasteiger partial charge >= 0.3 is 0 Å². The highest BCUT2D eigenvalue weighted by molar-refractivity contribution is 5.21. The van der Waals surface area contributed by atoms with Gasteiger partial charge in [0.05, 0.1) is 12.1 Å². The van der Waals surface area contributed by atoms with Gasteiger partial charge in [0.15, 0.2) is 0 Å². The summed E-state index contributed by atoms with van der Waals surface area (Å²) in [7, 11) is 0. The number of aliphatic hydroxyl groups is 1. The van der Waals surface area contributed by atoms with Gasteiger partial charge in [0, 0.05) is 25.5 Å². The third-order valence-electron chi connectivity index (χ3n) is 4.77. The average molecular weight is 329 g/mol. The second-order valence-corrected chi connectivity index (χ2v) is 6.59. The Morgan fingerprint density at radius 3 is 2.83 bits per heavy atom. The number of hydrogen-bond acceptors (Lipinski definition) is 4. The highest BCUT2D eigenvalue weighted by atomic mass is 16.5. The van der Waals surface area contributed by atoms with E-state index in [0.717, 1.165) is 57.0 Å². The predicted octanol–water partition coefficient (Wildman–Crippen LogP) is 2.70. The third kappa shape index (κ3) is 4.36. The smallest absolute Gasteiger partial charge is 0.122 e. The van der Waals surface area contributed by atoms with Crippen molar-refractivity contribution in [1.29, 1.82) is 0 Å². The fourth-order valence-corrected chi connectivity index (χ4v) is 3.25. The predicted molar refractivity (Wildman–Crippen MR) is 93.9 cm³/mol. The van der Waals surface area contributed by atoms with Crippen molar-refractivity contribution in [2.75, 3.05) is 19.7 Å². The molecule has 0 saturated carbocycles. The Hall–Kier alpha value is -1.85. The first-order chi connectivity index (χ1) is 11.7. The Morgan fingerprint density at radius 1 is 1.21 bits per heavy atom. The topological polar surface area (TPSA) is 50.5 Å². The molecule has 1 atom stereocenters. The van der Waals surface area contributed by atoms with Gasteiger partial charge in [-0.05, 0) is 44.9 Å². The molecular weight excluding hydrogens is 302 g/mol. The van der Waals surface area contributed by atoms with E-state index in [0.29, 0.717) is 6.61 Å². The van der Waals surface area contributed by atoms with E-state index in [4.69, 9.17) is 4.74 Å². The van der Waals surface area contributed by atoms with Gasteiger partial charge in [0.1, 0.15) is 18.2 Å². The summed E-state index contributed by atoms with van der Waals surface area (Å²) in [5, 5.41) is 10.9. The molecule has 0 bridgehead atoms. The van der Waals surface area contributed by atoms with Crippen molar-refractivity contribution in [3.05, 3.63) is 48.5 Å². The zero-order chi connectivity index (χ0) is 16.8. The van der Waals surface area contributed by atoms with Gasteiger partial charge in [-0.3, -0.25) is 4.90 Å². The maximum atomic E-state index is 10.9. The molecule has 0 radical (unpaired) electrons. The van der Waals surface area contributed by atoms with Crippen LogP contribution >= 0.6 is 0 Å².